The predicted octanol–water partition coefficient (Wildman–Crippen LogP) is 5.06. The lowest BCUT2D eigenvalue weighted by Crippen LogP contribution is -2.25. The first-order valence-corrected chi connectivity index (χ1v) is 8.99. The van der Waals surface area contributed by atoms with Crippen molar-refractivity contribution in [1.29, 1.82) is 0 Å². The number of fused-ring (bicyclic) bond motifs is 1. The summed E-state index contributed by atoms with van der Waals surface area (Å²) in [5.41, 5.74) is 1.17. The van der Waals surface area contributed by atoms with Crippen molar-refractivity contribution in [3.8, 4) is 5.75 Å². The first-order chi connectivity index (χ1) is 11.6. The van der Waals surface area contributed by atoms with Gasteiger partial charge in [0.05, 0.1) is 11.6 Å². The number of hydrogen-bond acceptors (Lipinski definition) is 3. The lowest BCUT2D eigenvalue weighted by molar-refractivity contribution is 0.0956. The van der Waals surface area contributed by atoms with Gasteiger partial charge >= 0.3 is 0 Å². The van der Waals surface area contributed by atoms with Gasteiger partial charge in [-0.15, -0.1) is 11.3 Å². The van der Waals surface area contributed by atoms with Crippen molar-refractivity contribution in [3.63, 3.8) is 0 Å². The minimum atomic E-state index is -0.128. The molecule has 1 N–H and O–H groups in total. The number of hydrogen-bond donors (Lipinski definition) is 1. The molecule has 0 aliphatic rings. The number of halogens is 1. The van der Waals surface area contributed by atoms with Crippen molar-refractivity contribution < 1.29 is 9.53 Å². The van der Waals surface area contributed by atoms with E-state index < -0.39 is 0 Å². The Kier molecular flexibility index (Phi) is 5.38. The lowest BCUT2D eigenvalue weighted by Gasteiger charge is -2.07. The van der Waals surface area contributed by atoms with Gasteiger partial charge in [-0.3, -0.25) is 4.79 Å². The van der Waals surface area contributed by atoms with Crippen LogP contribution in [0.1, 0.15) is 21.7 Å². The molecule has 24 heavy (non-hydrogen) atoms. The molecule has 5 heteroatoms. The third kappa shape index (κ3) is 3.89. The monoisotopic (exact) mass is 359 g/mol. The van der Waals surface area contributed by atoms with Crippen molar-refractivity contribution in [2.45, 2.75) is 13.3 Å². The topological polar surface area (TPSA) is 38.3 Å². The Morgan fingerprint density at radius 1 is 1.21 bits per heavy atom. The van der Waals surface area contributed by atoms with Gasteiger partial charge in [0.1, 0.15) is 10.6 Å². The molecule has 0 fully saturated rings. The third-order valence-corrected chi connectivity index (χ3v) is 5.28. The van der Waals surface area contributed by atoms with E-state index >= 15 is 0 Å². The molecule has 3 rings (SSSR count). The van der Waals surface area contributed by atoms with Crippen molar-refractivity contribution >= 4 is 38.9 Å². The average molecular weight is 360 g/mol. The van der Waals surface area contributed by atoms with Crippen LogP contribution in [0.25, 0.3) is 10.1 Å². The highest BCUT2D eigenvalue weighted by Gasteiger charge is 2.16. The van der Waals surface area contributed by atoms with Gasteiger partial charge in [-0.05, 0) is 37.1 Å². The van der Waals surface area contributed by atoms with Gasteiger partial charge in [0.25, 0.3) is 5.91 Å². The quantitative estimate of drug-likeness (QED) is 0.624. The second-order valence-corrected chi connectivity index (χ2v) is 6.95. The molecule has 0 unspecified atom stereocenters. The predicted molar refractivity (Wildman–Crippen MR) is 100 cm³/mol. The van der Waals surface area contributed by atoms with Gasteiger partial charge in [-0.25, -0.2) is 0 Å². The second-order valence-electron chi connectivity index (χ2n) is 5.52. The molecule has 1 amide bonds. The molecule has 0 atom stereocenters. The smallest absolute Gasteiger partial charge is 0.262 e. The average Bonchev–Trinajstić information content (AvgIpc) is 2.92. The van der Waals surface area contributed by atoms with E-state index in [1.54, 1.807) is 0 Å². The van der Waals surface area contributed by atoms with E-state index in [9.17, 15) is 4.79 Å². The summed E-state index contributed by atoms with van der Waals surface area (Å²) in [5.74, 6) is 0.727. The number of ether oxygens (including phenoxy) is 1. The van der Waals surface area contributed by atoms with Gasteiger partial charge in [0.15, 0.2) is 0 Å². The van der Waals surface area contributed by atoms with E-state index in [-0.39, 0.29) is 5.91 Å². The summed E-state index contributed by atoms with van der Waals surface area (Å²) in [6.07, 6.45) is 0.738. The minimum absolute atomic E-state index is 0.128. The van der Waals surface area contributed by atoms with Gasteiger partial charge < -0.3 is 10.1 Å². The Hall–Kier alpha value is -2.04. The van der Waals surface area contributed by atoms with Crippen LogP contribution in [0, 0.1) is 6.92 Å². The van der Waals surface area contributed by atoms with Gasteiger partial charge in [0, 0.05) is 16.6 Å². The van der Waals surface area contributed by atoms with E-state index in [1.807, 2.05) is 55.5 Å². The number of aryl methyl sites for hydroxylation is 1. The normalized spacial score (nSPS) is 10.8. The third-order valence-electron chi connectivity index (χ3n) is 3.61. The summed E-state index contributed by atoms with van der Waals surface area (Å²) in [7, 11) is 0. The maximum atomic E-state index is 12.3. The lowest BCUT2D eigenvalue weighted by atomic mass is 10.2. The Morgan fingerprint density at radius 3 is 2.83 bits per heavy atom. The molecular formula is C19H18ClNO2S. The molecule has 0 saturated carbocycles. The fourth-order valence-electron chi connectivity index (χ4n) is 2.41. The fourth-order valence-corrected chi connectivity index (χ4v) is 3.84. The van der Waals surface area contributed by atoms with E-state index in [0.717, 1.165) is 22.3 Å². The molecule has 1 heterocycles. The molecule has 0 bridgehead atoms. The molecular weight excluding hydrogens is 342 g/mol. The Labute approximate surface area is 150 Å². The Morgan fingerprint density at radius 2 is 2.04 bits per heavy atom. The van der Waals surface area contributed by atoms with E-state index in [0.29, 0.717) is 23.1 Å². The number of carbonyl (C=O) groups is 1. The number of amides is 1. The second kappa shape index (κ2) is 7.69. The zero-order chi connectivity index (χ0) is 16.9. The molecule has 2 aromatic carbocycles. The van der Waals surface area contributed by atoms with Crippen LogP contribution in [0.2, 0.25) is 5.02 Å². The van der Waals surface area contributed by atoms with Crippen molar-refractivity contribution in [3.05, 3.63) is 64.0 Å². The largest absolute Gasteiger partial charge is 0.494 e. The SMILES string of the molecule is Cc1cccc(OCCCNC(=O)c2sc3ccccc3c2Cl)c1. The first kappa shape index (κ1) is 16.8. The Balaban J connectivity index is 1.49. The summed E-state index contributed by atoms with van der Waals surface area (Å²) in [6.45, 7) is 3.14. The summed E-state index contributed by atoms with van der Waals surface area (Å²) < 4.78 is 6.69. The van der Waals surface area contributed by atoms with Crippen molar-refractivity contribution in [2.75, 3.05) is 13.2 Å². The van der Waals surface area contributed by atoms with Crippen LogP contribution in [0.3, 0.4) is 0 Å². The van der Waals surface area contributed by atoms with Crippen LogP contribution >= 0.6 is 22.9 Å². The summed E-state index contributed by atoms with van der Waals surface area (Å²) in [6, 6.07) is 15.7. The molecule has 0 aliphatic heterocycles. The molecule has 0 aliphatic carbocycles. The van der Waals surface area contributed by atoms with Gasteiger partial charge in [0.2, 0.25) is 0 Å². The maximum Gasteiger partial charge on any atom is 0.262 e. The standard InChI is InChI=1S/C19H18ClNO2S/c1-13-6-4-7-14(12-13)23-11-5-10-21-19(22)18-17(20)15-8-2-3-9-16(15)24-18/h2-4,6-9,12H,5,10-11H2,1H3,(H,21,22). The number of benzene rings is 2. The Bertz CT molecular complexity index is 859. The number of thiophene rings is 1. The molecule has 0 saturated heterocycles. The highest BCUT2D eigenvalue weighted by molar-refractivity contribution is 7.21. The van der Waals surface area contributed by atoms with Crippen LogP contribution in [-0.4, -0.2) is 19.1 Å². The molecule has 3 nitrogen and oxygen atoms in total. The zero-order valence-corrected chi connectivity index (χ0v) is 14.9. The number of rotatable bonds is 6. The van der Waals surface area contributed by atoms with Crippen LogP contribution in [0.4, 0.5) is 0 Å². The first-order valence-electron chi connectivity index (χ1n) is 7.80. The minimum Gasteiger partial charge on any atom is -0.494 e. The van der Waals surface area contributed by atoms with Gasteiger partial charge in [-0.2, -0.15) is 0 Å². The van der Waals surface area contributed by atoms with Crippen molar-refractivity contribution in [2.24, 2.45) is 0 Å². The maximum absolute atomic E-state index is 12.3. The zero-order valence-electron chi connectivity index (χ0n) is 13.3. The van der Waals surface area contributed by atoms with Crippen LogP contribution in [-0.2, 0) is 0 Å². The van der Waals surface area contributed by atoms with Crippen LogP contribution in [0.5, 0.6) is 5.75 Å². The number of nitrogens with one attached hydrogen (secondary N) is 1. The summed E-state index contributed by atoms with van der Waals surface area (Å²) >= 11 is 7.73. The molecule has 124 valence electrons. The fraction of sp³-hybridized carbons (Fsp3) is 0.211. The molecule has 0 spiro atoms. The molecule has 3 aromatic rings. The number of carbonyl (C=O) groups excluding carboxylic acids is 1. The summed E-state index contributed by atoms with van der Waals surface area (Å²) in [4.78, 5) is 12.9. The summed E-state index contributed by atoms with van der Waals surface area (Å²) in [5, 5.41) is 4.36. The molecule has 1 aromatic heterocycles. The van der Waals surface area contributed by atoms with Crippen molar-refractivity contribution in [1.82, 2.24) is 5.32 Å². The van der Waals surface area contributed by atoms with E-state index in [2.05, 4.69) is 5.32 Å². The van der Waals surface area contributed by atoms with Gasteiger partial charge in [-0.1, -0.05) is 41.9 Å². The highest BCUT2D eigenvalue weighted by Crippen LogP contribution is 2.34. The van der Waals surface area contributed by atoms with Crippen LogP contribution in [0.15, 0.2) is 48.5 Å². The highest BCUT2D eigenvalue weighted by atomic mass is 35.5. The molecule has 0 radical (unpaired) electrons. The van der Waals surface area contributed by atoms with E-state index in [4.69, 9.17) is 16.3 Å². The van der Waals surface area contributed by atoms with E-state index in [1.165, 1.54) is 16.9 Å². The van der Waals surface area contributed by atoms with Crippen LogP contribution < -0.4 is 10.1 Å².